The zero-order valence-electron chi connectivity index (χ0n) is 11.9. The van der Waals surface area contributed by atoms with Gasteiger partial charge in [-0.05, 0) is 32.1 Å². The van der Waals surface area contributed by atoms with Crippen molar-refractivity contribution in [1.82, 2.24) is 0 Å². The second-order valence-corrected chi connectivity index (χ2v) is 5.11. The van der Waals surface area contributed by atoms with E-state index in [4.69, 9.17) is 4.74 Å². The van der Waals surface area contributed by atoms with E-state index in [-0.39, 0.29) is 5.97 Å². The molecule has 17 heavy (non-hydrogen) atoms. The molecule has 0 amide bonds. The first kappa shape index (κ1) is 16.2. The number of hydrogen-bond acceptors (Lipinski definition) is 2. The van der Waals surface area contributed by atoms with Crippen molar-refractivity contribution in [2.75, 3.05) is 6.61 Å². The standard InChI is InChI=1S/C15H28O2/c1-5-6-12-17-15(16)11-10-14(4)9-7-8-13(2)3/h10,13H,5-9,11-12H2,1-4H3. The van der Waals surface area contributed by atoms with Gasteiger partial charge in [0.25, 0.3) is 0 Å². The van der Waals surface area contributed by atoms with Gasteiger partial charge in [-0.2, -0.15) is 0 Å². The van der Waals surface area contributed by atoms with Crippen LogP contribution in [-0.4, -0.2) is 12.6 Å². The molecule has 0 aliphatic heterocycles. The van der Waals surface area contributed by atoms with Crippen LogP contribution in [0.2, 0.25) is 0 Å². The summed E-state index contributed by atoms with van der Waals surface area (Å²) < 4.78 is 5.09. The highest BCUT2D eigenvalue weighted by Gasteiger charge is 2.00. The molecule has 0 atom stereocenters. The number of carbonyl (C=O) groups excluding carboxylic acids is 1. The third kappa shape index (κ3) is 11.5. The van der Waals surface area contributed by atoms with Crippen LogP contribution < -0.4 is 0 Å². The normalized spacial score (nSPS) is 11.9. The van der Waals surface area contributed by atoms with Gasteiger partial charge in [0, 0.05) is 0 Å². The van der Waals surface area contributed by atoms with Crippen molar-refractivity contribution in [1.29, 1.82) is 0 Å². The zero-order valence-corrected chi connectivity index (χ0v) is 11.9. The Morgan fingerprint density at radius 3 is 2.59 bits per heavy atom. The van der Waals surface area contributed by atoms with Gasteiger partial charge in [0.2, 0.25) is 0 Å². The topological polar surface area (TPSA) is 26.3 Å². The molecule has 0 aromatic carbocycles. The molecule has 0 spiro atoms. The van der Waals surface area contributed by atoms with Crippen molar-refractivity contribution in [3.8, 4) is 0 Å². The number of rotatable bonds is 9. The maximum absolute atomic E-state index is 11.3. The Morgan fingerprint density at radius 2 is 2.00 bits per heavy atom. The maximum atomic E-state index is 11.3. The molecule has 0 bridgehead atoms. The van der Waals surface area contributed by atoms with Crippen LogP contribution in [-0.2, 0) is 9.53 Å². The average molecular weight is 240 g/mol. The molecule has 0 heterocycles. The molecule has 0 fully saturated rings. The lowest BCUT2D eigenvalue weighted by molar-refractivity contribution is -0.142. The van der Waals surface area contributed by atoms with Crippen molar-refractivity contribution < 1.29 is 9.53 Å². The minimum absolute atomic E-state index is 0.0957. The highest BCUT2D eigenvalue weighted by Crippen LogP contribution is 2.12. The van der Waals surface area contributed by atoms with Crippen LogP contribution in [0.15, 0.2) is 11.6 Å². The zero-order chi connectivity index (χ0) is 13.1. The van der Waals surface area contributed by atoms with Crippen LogP contribution in [0.4, 0.5) is 0 Å². The highest BCUT2D eigenvalue weighted by molar-refractivity contribution is 5.71. The Balaban J connectivity index is 3.63. The number of hydrogen-bond donors (Lipinski definition) is 0. The Hall–Kier alpha value is -0.790. The molecule has 0 unspecified atom stereocenters. The molecule has 0 saturated carbocycles. The van der Waals surface area contributed by atoms with Gasteiger partial charge >= 0.3 is 5.97 Å². The second-order valence-electron chi connectivity index (χ2n) is 5.11. The minimum Gasteiger partial charge on any atom is -0.465 e. The average Bonchev–Trinajstić information content (AvgIpc) is 2.26. The van der Waals surface area contributed by atoms with E-state index in [1.807, 2.05) is 6.08 Å². The molecule has 0 N–H and O–H groups in total. The first-order valence-corrected chi connectivity index (χ1v) is 6.87. The summed E-state index contributed by atoms with van der Waals surface area (Å²) in [7, 11) is 0. The predicted molar refractivity (Wildman–Crippen MR) is 72.9 cm³/mol. The van der Waals surface area contributed by atoms with Gasteiger partial charge in [0.05, 0.1) is 13.0 Å². The fourth-order valence-corrected chi connectivity index (χ4v) is 1.54. The lowest BCUT2D eigenvalue weighted by Crippen LogP contribution is -2.04. The van der Waals surface area contributed by atoms with Crippen LogP contribution in [0.25, 0.3) is 0 Å². The van der Waals surface area contributed by atoms with Crippen molar-refractivity contribution in [2.45, 2.75) is 66.2 Å². The Labute approximate surface area is 106 Å². The van der Waals surface area contributed by atoms with Crippen LogP contribution in [0, 0.1) is 5.92 Å². The predicted octanol–water partition coefficient (Wildman–Crippen LogP) is 4.49. The van der Waals surface area contributed by atoms with Gasteiger partial charge in [0.1, 0.15) is 0 Å². The highest BCUT2D eigenvalue weighted by atomic mass is 16.5. The molecule has 0 aliphatic carbocycles. The molecule has 0 aromatic heterocycles. The largest absolute Gasteiger partial charge is 0.465 e. The van der Waals surface area contributed by atoms with Gasteiger partial charge < -0.3 is 4.74 Å². The van der Waals surface area contributed by atoms with E-state index < -0.39 is 0 Å². The van der Waals surface area contributed by atoms with Gasteiger partial charge in [-0.1, -0.05) is 45.3 Å². The van der Waals surface area contributed by atoms with E-state index in [0.717, 1.165) is 25.2 Å². The van der Waals surface area contributed by atoms with E-state index in [1.54, 1.807) is 0 Å². The first-order valence-electron chi connectivity index (χ1n) is 6.87. The summed E-state index contributed by atoms with van der Waals surface area (Å²) in [6.07, 6.45) is 8.03. The molecule has 0 aromatic rings. The summed E-state index contributed by atoms with van der Waals surface area (Å²) in [5.41, 5.74) is 1.30. The number of unbranched alkanes of at least 4 members (excludes halogenated alkanes) is 1. The minimum atomic E-state index is -0.0957. The Morgan fingerprint density at radius 1 is 1.29 bits per heavy atom. The molecular weight excluding hydrogens is 212 g/mol. The van der Waals surface area contributed by atoms with Gasteiger partial charge in [0.15, 0.2) is 0 Å². The summed E-state index contributed by atoms with van der Waals surface area (Å²) >= 11 is 0. The Kier molecular flexibility index (Phi) is 9.89. The Bertz CT molecular complexity index is 229. The molecule has 2 nitrogen and oxygen atoms in total. The van der Waals surface area contributed by atoms with E-state index >= 15 is 0 Å². The van der Waals surface area contributed by atoms with E-state index in [0.29, 0.717) is 13.0 Å². The van der Waals surface area contributed by atoms with Gasteiger partial charge in [-0.15, -0.1) is 0 Å². The summed E-state index contributed by atoms with van der Waals surface area (Å²) in [4.78, 5) is 11.3. The number of esters is 1. The molecule has 0 radical (unpaired) electrons. The quantitative estimate of drug-likeness (QED) is 0.337. The van der Waals surface area contributed by atoms with Crippen molar-refractivity contribution in [3.05, 3.63) is 11.6 Å². The number of carbonyl (C=O) groups is 1. The number of allylic oxidation sites excluding steroid dienone is 1. The fraction of sp³-hybridized carbons (Fsp3) is 0.800. The lowest BCUT2D eigenvalue weighted by atomic mass is 10.0. The fourth-order valence-electron chi connectivity index (χ4n) is 1.54. The third-order valence-corrected chi connectivity index (χ3v) is 2.73. The van der Waals surface area contributed by atoms with Gasteiger partial charge in [-0.3, -0.25) is 4.79 Å². The van der Waals surface area contributed by atoms with Crippen LogP contribution in [0.5, 0.6) is 0 Å². The summed E-state index contributed by atoms with van der Waals surface area (Å²) in [5, 5.41) is 0. The van der Waals surface area contributed by atoms with Crippen molar-refractivity contribution >= 4 is 5.97 Å². The van der Waals surface area contributed by atoms with E-state index in [9.17, 15) is 4.79 Å². The lowest BCUT2D eigenvalue weighted by Gasteiger charge is -2.05. The van der Waals surface area contributed by atoms with E-state index in [1.165, 1.54) is 18.4 Å². The van der Waals surface area contributed by atoms with Crippen LogP contribution in [0.1, 0.15) is 66.2 Å². The SMILES string of the molecule is CCCCOC(=O)CC=C(C)CCCC(C)C. The third-order valence-electron chi connectivity index (χ3n) is 2.73. The van der Waals surface area contributed by atoms with Crippen molar-refractivity contribution in [2.24, 2.45) is 5.92 Å². The molecule has 0 aliphatic rings. The molecule has 0 rings (SSSR count). The number of ether oxygens (including phenoxy) is 1. The molecule has 100 valence electrons. The van der Waals surface area contributed by atoms with Gasteiger partial charge in [-0.25, -0.2) is 0 Å². The molecule has 2 heteroatoms. The molecular formula is C15H28O2. The summed E-state index contributed by atoms with van der Waals surface area (Å²) in [5.74, 6) is 0.670. The van der Waals surface area contributed by atoms with Crippen LogP contribution >= 0.6 is 0 Å². The monoisotopic (exact) mass is 240 g/mol. The second kappa shape index (κ2) is 10.4. The summed E-state index contributed by atoms with van der Waals surface area (Å²) in [6, 6.07) is 0. The summed E-state index contributed by atoms with van der Waals surface area (Å²) in [6.45, 7) is 9.23. The van der Waals surface area contributed by atoms with Crippen molar-refractivity contribution in [3.63, 3.8) is 0 Å². The molecule has 0 saturated heterocycles. The smallest absolute Gasteiger partial charge is 0.309 e. The van der Waals surface area contributed by atoms with E-state index in [2.05, 4.69) is 27.7 Å². The van der Waals surface area contributed by atoms with Crippen LogP contribution in [0.3, 0.4) is 0 Å². The maximum Gasteiger partial charge on any atom is 0.309 e. The first-order chi connectivity index (χ1) is 8.06.